The Kier molecular flexibility index (Phi) is 5.48. The molecule has 5 heteroatoms. The van der Waals surface area contributed by atoms with Gasteiger partial charge in [0.15, 0.2) is 0 Å². The Morgan fingerprint density at radius 1 is 1.04 bits per heavy atom. The number of nitrogens with zero attached hydrogens (tertiary/aromatic N) is 1. The molecular formula is C22H24N2O2S. The van der Waals surface area contributed by atoms with Crippen molar-refractivity contribution < 1.29 is 9.59 Å². The first-order valence-electron chi connectivity index (χ1n) is 9.67. The van der Waals surface area contributed by atoms with Gasteiger partial charge >= 0.3 is 0 Å². The second-order valence-electron chi connectivity index (χ2n) is 7.20. The molecule has 4 rings (SSSR count). The standard InChI is InChI=1S/C22H24N2O2S/c25-21-9-4-14-24(21)18-6-3-5-16(15-18)22(26)23-17-10-12-20(13-11-17)27-19-7-1-2-8-19/h3,5-6,10-13,15,19H,1-2,4,7-9,14H2,(H,23,26). The molecule has 0 bridgehead atoms. The number of benzene rings is 2. The van der Waals surface area contributed by atoms with Crippen molar-refractivity contribution >= 4 is 35.0 Å². The van der Waals surface area contributed by atoms with E-state index in [2.05, 4.69) is 17.4 Å². The Morgan fingerprint density at radius 2 is 1.81 bits per heavy atom. The summed E-state index contributed by atoms with van der Waals surface area (Å²) < 4.78 is 0. The molecule has 2 aromatic rings. The quantitative estimate of drug-likeness (QED) is 0.785. The lowest BCUT2D eigenvalue weighted by Gasteiger charge is -2.16. The van der Waals surface area contributed by atoms with Crippen molar-refractivity contribution in [2.75, 3.05) is 16.8 Å². The number of hydrogen-bond donors (Lipinski definition) is 1. The van der Waals surface area contributed by atoms with E-state index < -0.39 is 0 Å². The van der Waals surface area contributed by atoms with Crippen LogP contribution in [0, 0.1) is 0 Å². The zero-order valence-corrected chi connectivity index (χ0v) is 16.1. The van der Waals surface area contributed by atoms with E-state index in [1.807, 2.05) is 36.0 Å². The fraction of sp³-hybridized carbons (Fsp3) is 0.364. The molecule has 1 heterocycles. The van der Waals surface area contributed by atoms with Gasteiger partial charge in [0, 0.05) is 40.0 Å². The number of carbonyl (C=O) groups is 2. The average molecular weight is 381 g/mol. The van der Waals surface area contributed by atoms with Crippen LogP contribution < -0.4 is 10.2 Å². The van der Waals surface area contributed by atoms with E-state index >= 15 is 0 Å². The van der Waals surface area contributed by atoms with Crippen LogP contribution in [0.25, 0.3) is 0 Å². The Hall–Kier alpha value is -2.27. The van der Waals surface area contributed by atoms with Gasteiger partial charge in [-0.1, -0.05) is 18.9 Å². The molecule has 2 amide bonds. The van der Waals surface area contributed by atoms with Gasteiger partial charge in [-0.25, -0.2) is 0 Å². The number of anilines is 2. The first-order chi connectivity index (χ1) is 13.2. The lowest BCUT2D eigenvalue weighted by molar-refractivity contribution is -0.117. The molecule has 0 unspecified atom stereocenters. The Labute approximate surface area is 164 Å². The summed E-state index contributed by atoms with van der Waals surface area (Å²) in [5.41, 5.74) is 2.16. The van der Waals surface area contributed by atoms with E-state index in [1.54, 1.807) is 17.0 Å². The van der Waals surface area contributed by atoms with E-state index in [4.69, 9.17) is 0 Å². The average Bonchev–Trinajstić information content (AvgIpc) is 3.35. The first kappa shape index (κ1) is 18.1. The molecule has 1 saturated carbocycles. The smallest absolute Gasteiger partial charge is 0.255 e. The lowest BCUT2D eigenvalue weighted by Crippen LogP contribution is -2.24. The lowest BCUT2D eigenvalue weighted by atomic mass is 10.1. The number of hydrogen-bond acceptors (Lipinski definition) is 3. The summed E-state index contributed by atoms with van der Waals surface area (Å²) >= 11 is 1.94. The molecule has 2 aromatic carbocycles. The highest BCUT2D eigenvalue weighted by atomic mass is 32.2. The maximum absolute atomic E-state index is 12.6. The molecule has 1 N–H and O–H groups in total. The second kappa shape index (κ2) is 8.17. The number of carbonyl (C=O) groups excluding carboxylic acids is 2. The molecule has 1 aliphatic carbocycles. The summed E-state index contributed by atoms with van der Waals surface area (Å²) in [6.45, 7) is 0.726. The topological polar surface area (TPSA) is 49.4 Å². The van der Waals surface area contributed by atoms with Crippen LogP contribution in [-0.2, 0) is 4.79 Å². The van der Waals surface area contributed by atoms with Gasteiger partial charge in [-0.15, -0.1) is 11.8 Å². The minimum absolute atomic E-state index is 0.128. The molecule has 1 aliphatic heterocycles. The van der Waals surface area contributed by atoms with Crippen LogP contribution in [0.1, 0.15) is 48.9 Å². The predicted octanol–water partition coefficient (Wildman–Crippen LogP) is 5.10. The maximum Gasteiger partial charge on any atom is 0.255 e. The van der Waals surface area contributed by atoms with Gasteiger partial charge in [0.2, 0.25) is 5.91 Å². The molecule has 0 radical (unpaired) electrons. The highest BCUT2D eigenvalue weighted by Crippen LogP contribution is 2.35. The summed E-state index contributed by atoms with van der Waals surface area (Å²) in [5, 5.41) is 3.69. The zero-order chi connectivity index (χ0) is 18.6. The Morgan fingerprint density at radius 3 is 2.52 bits per heavy atom. The highest BCUT2D eigenvalue weighted by Gasteiger charge is 2.22. The molecule has 2 aliphatic rings. The molecule has 0 spiro atoms. The molecule has 0 aromatic heterocycles. The van der Waals surface area contributed by atoms with Crippen LogP contribution >= 0.6 is 11.8 Å². The Balaban J connectivity index is 1.40. The van der Waals surface area contributed by atoms with Gasteiger partial charge in [-0.2, -0.15) is 0 Å². The van der Waals surface area contributed by atoms with Gasteiger partial charge in [-0.3, -0.25) is 9.59 Å². The van der Waals surface area contributed by atoms with Crippen molar-refractivity contribution in [2.45, 2.75) is 48.7 Å². The summed E-state index contributed by atoms with van der Waals surface area (Å²) in [6, 6.07) is 15.4. The summed E-state index contributed by atoms with van der Waals surface area (Å²) in [6.07, 6.45) is 6.75. The van der Waals surface area contributed by atoms with Gasteiger partial charge in [0.25, 0.3) is 5.91 Å². The fourth-order valence-corrected chi connectivity index (χ4v) is 5.00. The number of rotatable bonds is 5. The summed E-state index contributed by atoms with van der Waals surface area (Å²) in [7, 11) is 0. The minimum atomic E-state index is -0.153. The van der Waals surface area contributed by atoms with Crippen molar-refractivity contribution in [1.82, 2.24) is 0 Å². The molecular weight excluding hydrogens is 356 g/mol. The predicted molar refractivity (Wildman–Crippen MR) is 111 cm³/mol. The monoisotopic (exact) mass is 380 g/mol. The van der Waals surface area contributed by atoms with Crippen molar-refractivity contribution in [3.8, 4) is 0 Å². The van der Waals surface area contributed by atoms with Crippen molar-refractivity contribution in [2.24, 2.45) is 0 Å². The maximum atomic E-state index is 12.6. The SMILES string of the molecule is O=C(Nc1ccc(SC2CCCC2)cc1)c1cccc(N2CCCC2=O)c1. The number of nitrogens with one attached hydrogen (secondary N) is 1. The van der Waals surface area contributed by atoms with Crippen LogP contribution in [0.15, 0.2) is 53.4 Å². The van der Waals surface area contributed by atoms with E-state index in [-0.39, 0.29) is 11.8 Å². The van der Waals surface area contributed by atoms with E-state index in [9.17, 15) is 9.59 Å². The summed E-state index contributed by atoms with van der Waals surface area (Å²) in [4.78, 5) is 27.5. The van der Waals surface area contributed by atoms with Crippen LogP contribution in [0.3, 0.4) is 0 Å². The molecule has 2 fully saturated rings. The third kappa shape index (κ3) is 4.35. The minimum Gasteiger partial charge on any atom is -0.322 e. The summed E-state index contributed by atoms with van der Waals surface area (Å²) in [5.74, 6) is -0.0254. The fourth-order valence-electron chi connectivity index (χ4n) is 3.75. The van der Waals surface area contributed by atoms with Gasteiger partial charge in [0.05, 0.1) is 0 Å². The van der Waals surface area contributed by atoms with Crippen molar-refractivity contribution in [3.63, 3.8) is 0 Å². The molecule has 0 atom stereocenters. The molecule has 1 saturated heterocycles. The van der Waals surface area contributed by atoms with Gasteiger partial charge < -0.3 is 10.2 Å². The van der Waals surface area contributed by atoms with E-state index in [0.717, 1.165) is 29.6 Å². The molecule has 140 valence electrons. The normalized spacial score (nSPS) is 17.5. The van der Waals surface area contributed by atoms with Crippen molar-refractivity contribution in [3.05, 3.63) is 54.1 Å². The second-order valence-corrected chi connectivity index (χ2v) is 8.58. The van der Waals surface area contributed by atoms with Gasteiger partial charge in [-0.05, 0) is 61.7 Å². The molecule has 27 heavy (non-hydrogen) atoms. The third-order valence-electron chi connectivity index (χ3n) is 5.21. The van der Waals surface area contributed by atoms with Crippen LogP contribution in [0.2, 0.25) is 0 Å². The first-order valence-corrected chi connectivity index (χ1v) is 10.6. The van der Waals surface area contributed by atoms with Gasteiger partial charge in [0.1, 0.15) is 0 Å². The van der Waals surface area contributed by atoms with Crippen LogP contribution in [0.5, 0.6) is 0 Å². The Bertz CT molecular complexity index is 828. The number of amides is 2. The van der Waals surface area contributed by atoms with Crippen LogP contribution in [0.4, 0.5) is 11.4 Å². The molecule has 4 nitrogen and oxygen atoms in total. The van der Waals surface area contributed by atoms with E-state index in [1.165, 1.54) is 30.6 Å². The number of thioether (sulfide) groups is 1. The zero-order valence-electron chi connectivity index (χ0n) is 15.3. The largest absolute Gasteiger partial charge is 0.322 e. The van der Waals surface area contributed by atoms with E-state index in [0.29, 0.717) is 12.0 Å². The van der Waals surface area contributed by atoms with Crippen molar-refractivity contribution in [1.29, 1.82) is 0 Å². The van der Waals surface area contributed by atoms with Crippen LogP contribution in [-0.4, -0.2) is 23.6 Å². The highest BCUT2D eigenvalue weighted by molar-refractivity contribution is 8.00. The third-order valence-corrected chi connectivity index (χ3v) is 6.56.